The zero-order valence-corrected chi connectivity index (χ0v) is 10.9. The summed E-state index contributed by atoms with van der Waals surface area (Å²) in [5.74, 6) is -0.163. The Morgan fingerprint density at radius 2 is 1.74 bits per heavy atom. The van der Waals surface area contributed by atoms with E-state index in [0.29, 0.717) is 0 Å². The molecule has 2 aromatic rings. The summed E-state index contributed by atoms with van der Waals surface area (Å²) in [6.07, 6.45) is 1.70. The van der Waals surface area contributed by atoms with Gasteiger partial charge in [-0.2, -0.15) is 0 Å². The summed E-state index contributed by atoms with van der Waals surface area (Å²) in [5.41, 5.74) is 2.73. The average Bonchev–Trinajstić information content (AvgIpc) is 2.88. The number of hydrogen-bond acceptors (Lipinski definition) is 2. The molecule has 0 radical (unpaired) electrons. The first kappa shape index (κ1) is 12.0. The predicted octanol–water partition coefficient (Wildman–Crippen LogP) is 3.09. The molecule has 0 amide bonds. The van der Waals surface area contributed by atoms with Gasteiger partial charge in [-0.25, -0.2) is 0 Å². The number of fused-ring (bicyclic) bond motifs is 1. The number of aryl methyl sites for hydroxylation is 1. The number of carbonyl (C=O) groups excluding carboxylic acids is 1. The lowest BCUT2D eigenvalue weighted by atomic mass is 9.75. The summed E-state index contributed by atoms with van der Waals surface area (Å²) in [6, 6.07) is 18.1. The van der Waals surface area contributed by atoms with Gasteiger partial charge in [0.1, 0.15) is 5.41 Å². The largest absolute Gasteiger partial charge is 0.468 e. The van der Waals surface area contributed by atoms with Crippen molar-refractivity contribution in [2.45, 2.75) is 18.3 Å². The molecule has 0 aromatic heterocycles. The summed E-state index contributed by atoms with van der Waals surface area (Å²) >= 11 is 0. The van der Waals surface area contributed by atoms with E-state index in [4.69, 9.17) is 4.74 Å². The van der Waals surface area contributed by atoms with Gasteiger partial charge in [0, 0.05) is 0 Å². The van der Waals surface area contributed by atoms with E-state index < -0.39 is 5.41 Å². The van der Waals surface area contributed by atoms with Gasteiger partial charge < -0.3 is 4.74 Å². The van der Waals surface area contributed by atoms with Crippen LogP contribution in [0.1, 0.15) is 23.1 Å². The monoisotopic (exact) mass is 252 g/mol. The third kappa shape index (κ3) is 1.67. The van der Waals surface area contributed by atoms with Crippen molar-refractivity contribution in [3.05, 3.63) is 71.3 Å². The summed E-state index contributed by atoms with van der Waals surface area (Å²) < 4.78 is 5.11. The molecule has 19 heavy (non-hydrogen) atoms. The lowest BCUT2D eigenvalue weighted by Crippen LogP contribution is -2.36. The van der Waals surface area contributed by atoms with Crippen molar-refractivity contribution in [2.75, 3.05) is 7.11 Å². The van der Waals surface area contributed by atoms with Gasteiger partial charge in [0.15, 0.2) is 0 Å². The maximum Gasteiger partial charge on any atom is 0.320 e. The molecule has 1 aliphatic rings. The van der Waals surface area contributed by atoms with Crippen molar-refractivity contribution >= 4 is 5.97 Å². The van der Waals surface area contributed by atoms with Crippen LogP contribution in [-0.4, -0.2) is 13.1 Å². The first-order valence-corrected chi connectivity index (χ1v) is 6.51. The van der Waals surface area contributed by atoms with Crippen LogP contribution < -0.4 is 0 Å². The fraction of sp³-hybridized carbons (Fsp3) is 0.235. The van der Waals surface area contributed by atoms with Crippen LogP contribution in [0, 0.1) is 0 Å². The Labute approximate surface area is 113 Å². The molecule has 3 rings (SSSR count). The summed E-state index contributed by atoms with van der Waals surface area (Å²) in [5, 5.41) is 0. The van der Waals surface area contributed by atoms with Crippen molar-refractivity contribution in [3.63, 3.8) is 0 Å². The van der Waals surface area contributed by atoms with Gasteiger partial charge in [-0.3, -0.25) is 4.79 Å². The molecular formula is C17H16O2. The Bertz CT molecular complexity index is 604. The minimum atomic E-state index is -0.632. The van der Waals surface area contributed by atoms with Crippen LogP contribution in [0.3, 0.4) is 0 Å². The average molecular weight is 252 g/mol. The highest BCUT2D eigenvalue weighted by atomic mass is 16.5. The summed E-state index contributed by atoms with van der Waals surface area (Å²) in [6.45, 7) is 0. The van der Waals surface area contributed by atoms with E-state index in [1.54, 1.807) is 0 Å². The third-order valence-electron chi connectivity index (χ3n) is 4.05. The van der Waals surface area contributed by atoms with E-state index >= 15 is 0 Å². The van der Waals surface area contributed by atoms with E-state index in [-0.39, 0.29) is 5.97 Å². The molecule has 0 N–H and O–H groups in total. The van der Waals surface area contributed by atoms with Gasteiger partial charge in [-0.05, 0) is 29.5 Å². The number of benzene rings is 2. The van der Waals surface area contributed by atoms with Crippen molar-refractivity contribution in [1.82, 2.24) is 0 Å². The Morgan fingerprint density at radius 1 is 1.05 bits per heavy atom. The van der Waals surface area contributed by atoms with Gasteiger partial charge in [-0.1, -0.05) is 54.6 Å². The Kier molecular flexibility index (Phi) is 2.86. The lowest BCUT2D eigenvalue weighted by Gasteiger charge is -2.28. The van der Waals surface area contributed by atoms with Crippen LogP contribution in [0.4, 0.5) is 0 Å². The molecule has 96 valence electrons. The molecule has 0 spiro atoms. The highest BCUT2D eigenvalue weighted by Gasteiger charge is 2.47. The highest BCUT2D eigenvalue weighted by molar-refractivity contribution is 5.89. The quantitative estimate of drug-likeness (QED) is 0.768. The molecule has 0 bridgehead atoms. The van der Waals surface area contributed by atoms with Gasteiger partial charge in [0.2, 0.25) is 0 Å². The molecule has 2 nitrogen and oxygen atoms in total. The number of carbonyl (C=O) groups is 1. The first-order valence-electron chi connectivity index (χ1n) is 6.51. The zero-order valence-electron chi connectivity index (χ0n) is 10.9. The van der Waals surface area contributed by atoms with Crippen LogP contribution in [-0.2, 0) is 21.4 Å². The number of rotatable bonds is 2. The minimum absolute atomic E-state index is 0.163. The van der Waals surface area contributed by atoms with Gasteiger partial charge >= 0.3 is 5.97 Å². The second-order valence-corrected chi connectivity index (χ2v) is 4.92. The van der Waals surface area contributed by atoms with Gasteiger partial charge in [-0.15, -0.1) is 0 Å². The molecule has 0 aliphatic heterocycles. The summed E-state index contributed by atoms with van der Waals surface area (Å²) in [4.78, 5) is 12.5. The van der Waals surface area contributed by atoms with Crippen LogP contribution in [0.2, 0.25) is 0 Å². The van der Waals surface area contributed by atoms with Crippen LogP contribution in [0.25, 0.3) is 0 Å². The predicted molar refractivity (Wildman–Crippen MR) is 74.0 cm³/mol. The van der Waals surface area contributed by atoms with Crippen molar-refractivity contribution < 1.29 is 9.53 Å². The molecule has 2 aromatic carbocycles. The Hall–Kier alpha value is -2.09. The van der Waals surface area contributed by atoms with Gasteiger partial charge in [0.05, 0.1) is 7.11 Å². The number of esters is 1. The maximum absolute atomic E-state index is 12.5. The number of methoxy groups -OCH3 is 1. The van der Waals surface area contributed by atoms with Crippen molar-refractivity contribution in [2.24, 2.45) is 0 Å². The zero-order chi connectivity index (χ0) is 13.3. The fourth-order valence-electron chi connectivity index (χ4n) is 3.14. The fourth-order valence-corrected chi connectivity index (χ4v) is 3.14. The maximum atomic E-state index is 12.5. The Morgan fingerprint density at radius 3 is 2.47 bits per heavy atom. The molecule has 1 aliphatic carbocycles. The van der Waals surface area contributed by atoms with Crippen LogP contribution >= 0.6 is 0 Å². The molecular weight excluding hydrogens is 236 g/mol. The normalized spacial score (nSPS) is 20.9. The second kappa shape index (κ2) is 4.54. The standard InChI is InChI=1S/C17H16O2/c1-19-16(18)17(14-8-3-2-4-9-14)12-11-13-7-5-6-10-15(13)17/h2-10H,11-12H2,1H3. The number of hydrogen-bond donors (Lipinski definition) is 0. The van der Waals surface area contributed by atoms with Crippen LogP contribution in [0.15, 0.2) is 54.6 Å². The van der Waals surface area contributed by atoms with E-state index in [9.17, 15) is 4.79 Å². The van der Waals surface area contributed by atoms with Crippen LogP contribution in [0.5, 0.6) is 0 Å². The third-order valence-corrected chi connectivity index (χ3v) is 4.05. The molecule has 0 fully saturated rings. The van der Waals surface area contributed by atoms with Crippen molar-refractivity contribution in [3.8, 4) is 0 Å². The molecule has 0 saturated heterocycles. The van der Waals surface area contributed by atoms with Gasteiger partial charge in [0.25, 0.3) is 0 Å². The molecule has 1 atom stereocenters. The molecule has 1 unspecified atom stereocenters. The number of ether oxygens (including phenoxy) is 1. The molecule has 0 saturated carbocycles. The molecule has 0 heterocycles. The minimum Gasteiger partial charge on any atom is -0.468 e. The second-order valence-electron chi connectivity index (χ2n) is 4.92. The molecule has 2 heteroatoms. The SMILES string of the molecule is COC(=O)C1(c2ccccc2)CCc2ccccc21. The van der Waals surface area contributed by atoms with E-state index in [1.807, 2.05) is 48.5 Å². The van der Waals surface area contributed by atoms with E-state index in [1.165, 1.54) is 12.7 Å². The van der Waals surface area contributed by atoms with E-state index in [0.717, 1.165) is 24.0 Å². The highest BCUT2D eigenvalue weighted by Crippen LogP contribution is 2.44. The Balaban J connectivity index is 2.24. The van der Waals surface area contributed by atoms with E-state index in [2.05, 4.69) is 6.07 Å². The lowest BCUT2D eigenvalue weighted by molar-refractivity contribution is -0.145. The summed E-state index contributed by atoms with van der Waals surface area (Å²) in [7, 11) is 1.47. The smallest absolute Gasteiger partial charge is 0.320 e. The topological polar surface area (TPSA) is 26.3 Å². The van der Waals surface area contributed by atoms with Crippen molar-refractivity contribution in [1.29, 1.82) is 0 Å². The first-order chi connectivity index (χ1) is 9.29.